The highest BCUT2D eigenvalue weighted by molar-refractivity contribution is 5.28. The Balaban J connectivity index is 1.94. The maximum atomic E-state index is 5.47. The van der Waals surface area contributed by atoms with Crippen molar-refractivity contribution in [2.24, 2.45) is 5.92 Å². The largest absolute Gasteiger partial charge is 0.432 e. The first-order chi connectivity index (χ1) is 7.29. The zero-order valence-corrected chi connectivity index (χ0v) is 9.49. The number of nitrogens with zero attached hydrogens (tertiary/aromatic N) is 2. The lowest BCUT2D eigenvalue weighted by molar-refractivity contribution is 0.541. The fraction of sp³-hybridized carbons (Fsp3) is 0.727. The number of hydrogen-bond acceptors (Lipinski definition) is 4. The van der Waals surface area contributed by atoms with E-state index < -0.39 is 0 Å². The van der Waals surface area contributed by atoms with E-state index in [0.717, 1.165) is 43.8 Å². The molecule has 0 amide bonds. The van der Waals surface area contributed by atoms with Gasteiger partial charge >= 0.3 is 0 Å². The van der Waals surface area contributed by atoms with Gasteiger partial charge in [-0.1, -0.05) is 13.8 Å². The summed E-state index contributed by atoms with van der Waals surface area (Å²) in [7, 11) is 0. The smallest absolute Gasteiger partial charge is 0.297 e. The summed E-state index contributed by atoms with van der Waals surface area (Å²) in [5.74, 6) is 0.758. The minimum Gasteiger partial charge on any atom is -0.432 e. The molecule has 1 aliphatic heterocycles. The van der Waals surface area contributed by atoms with Crippen LogP contribution in [0.3, 0.4) is 0 Å². The maximum Gasteiger partial charge on any atom is 0.297 e. The van der Waals surface area contributed by atoms with E-state index in [9.17, 15) is 0 Å². The summed E-state index contributed by atoms with van der Waals surface area (Å²) in [6.45, 7) is 8.25. The summed E-state index contributed by atoms with van der Waals surface area (Å²) in [6.07, 6.45) is 2.99. The molecule has 4 nitrogen and oxygen atoms in total. The molecule has 1 atom stereocenters. The van der Waals surface area contributed by atoms with Crippen LogP contribution in [0.4, 0.5) is 6.01 Å². The molecule has 1 saturated heterocycles. The lowest BCUT2D eigenvalue weighted by atomic mass is 10.2. The van der Waals surface area contributed by atoms with Gasteiger partial charge in [-0.3, -0.25) is 0 Å². The van der Waals surface area contributed by atoms with Gasteiger partial charge in [0.1, 0.15) is 6.26 Å². The van der Waals surface area contributed by atoms with Crippen molar-refractivity contribution in [1.82, 2.24) is 10.3 Å². The Labute approximate surface area is 90.7 Å². The Hall–Kier alpha value is -1.03. The zero-order chi connectivity index (χ0) is 10.7. The summed E-state index contributed by atoms with van der Waals surface area (Å²) in [5, 5.41) is 3.24. The Kier molecular flexibility index (Phi) is 3.26. The molecule has 4 heteroatoms. The van der Waals surface area contributed by atoms with Crippen molar-refractivity contribution in [2.75, 3.05) is 24.5 Å². The molecule has 2 heterocycles. The molecule has 0 bridgehead atoms. The van der Waals surface area contributed by atoms with Gasteiger partial charge in [0.15, 0.2) is 0 Å². The van der Waals surface area contributed by atoms with E-state index in [1.807, 2.05) is 0 Å². The average Bonchev–Trinajstić information content (AvgIpc) is 2.83. The molecule has 1 aliphatic rings. The quantitative estimate of drug-likeness (QED) is 0.818. The standard InChI is InChI=1S/C11H19N3O/c1-3-12-6-10-8-15-11(13-10)14-5-4-9(2)7-14/h8-9,12H,3-7H2,1-2H3. The Morgan fingerprint density at radius 1 is 1.67 bits per heavy atom. The van der Waals surface area contributed by atoms with E-state index in [1.54, 1.807) is 6.26 Å². The van der Waals surface area contributed by atoms with Gasteiger partial charge in [0, 0.05) is 19.6 Å². The lowest BCUT2D eigenvalue weighted by Gasteiger charge is -2.11. The third-order valence-corrected chi connectivity index (χ3v) is 2.79. The molecule has 2 rings (SSSR count). The molecule has 1 unspecified atom stereocenters. The predicted molar refractivity (Wildman–Crippen MR) is 59.9 cm³/mol. The molecular formula is C11H19N3O. The van der Waals surface area contributed by atoms with Gasteiger partial charge in [0.25, 0.3) is 6.01 Å². The first-order valence-electron chi connectivity index (χ1n) is 5.69. The highest BCUT2D eigenvalue weighted by Crippen LogP contribution is 2.22. The van der Waals surface area contributed by atoms with E-state index >= 15 is 0 Å². The fourth-order valence-corrected chi connectivity index (χ4v) is 1.88. The molecule has 0 saturated carbocycles. The highest BCUT2D eigenvalue weighted by Gasteiger charge is 2.22. The molecular weight excluding hydrogens is 190 g/mol. The van der Waals surface area contributed by atoms with Gasteiger partial charge in [-0.2, -0.15) is 4.98 Å². The second kappa shape index (κ2) is 4.66. The van der Waals surface area contributed by atoms with Crippen LogP contribution < -0.4 is 10.2 Å². The minimum atomic E-state index is 0.758. The lowest BCUT2D eigenvalue weighted by Crippen LogP contribution is -2.19. The van der Waals surface area contributed by atoms with Crippen LogP contribution in [0.2, 0.25) is 0 Å². The number of rotatable bonds is 4. The monoisotopic (exact) mass is 209 g/mol. The average molecular weight is 209 g/mol. The number of aromatic nitrogens is 1. The predicted octanol–water partition coefficient (Wildman–Crippen LogP) is 1.63. The minimum absolute atomic E-state index is 0.758. The van der Waals surface area contributed by atoms with Crippen molar-refractivity contribution in [3.8, 4) is 0 Å². The Morgan fingerprint density at radius 3 is 3.20 bits per heavy atom. The Bertz CT molecular complexity index is 311. The van der Waals surface area contributed by atoms with E-state index in [-0.39, 0.29) is 0 Å². The molecule has 0 aliphatic carbocycles. The van der Waals surface area contributed by atoms with Crippen LogP contribution in [-0.2, 0) is 6.54 Å². The van der Waals surface area contributed by atoms with Crippen molar-refractivity contribution in [1.29, 1.82) is 0 Å². The summed E-state index contributed by atoms with van der Waals surface area (Å²) in [4.78, 5) is 6.68. The van der Waals surface area contributed by atoms with Crippen molar-refractivity contribution >= 4 is 6.01 Å². The Morgan fingerprint density at radius 2 is 2.53 bits per heavy atom. The fourth-order valence-electron chi connectivity index (χ4n) is 1.88. The summed E-state index contributed by atoms with van der Waals surface area (Å²) < 4.78 is 5.47. The van der Waals surface area contributed by atoms with Crippen molar-refractivity contribution in [3.63, 3.8) is 0 Å². The SMILES string of the molecule is CCNCc1coc(N2CCC(C)C2)n1. The van der Waals surface area contributed by atoms with E-state index in [4.69, 9.17) is 4.42 Å². The number of oxazole rings is 1. The van der Waals surface area contributed by atoms with Crippen LogP contribution >= 0.6 is 0 Å². The van der Waals surface area contributed by atoms with Crippen LogP contribution in [0.25, 0.3) is 0 Å². The van der Waals surface area contributed by atoms with Crippen LogP contribution in [0.15, 0.2) is 10.7 Å². The van der Waals surface area contributed by atoms with Crippen LogP contribution in [0, 0.1) is 5.92 Å². The molecule has 84 valence electrons. The molecule has 0 radical (unpaired) electrons. The van der Waals surface area contributed by atoms with Crippen LogP contribution in [0.1, 0.15) is 26.0 Å². The number of hydrogen-bond donors (Lipinski definition) is 1. The topological polar surface area (TPSA) is 41.3 Å². The third kappa shape index (κ3) is 2.50. The van der Waals surface area contributed by atoms with Gasteiger partial charge in [-0.25, -0.2) is 0 Å². The normalized spacial score (nSPS) is 21.2. The number of nitrogens with one attached hydrogen (secondary N) is 1. The zero-order valence-electron chi connectivity index (χ0n) is 9.49. The highest BCUT2D eigenvalue weighted by atomic mass is 16.4. The molecule has 0 spiro atoms. The molecule has 1 fully saturated rings. The first-order valence-corrected chi connectivity index (χ1v) is 5.69. The summed E-state index contributed by atoms with van der Waals surface area (Å²) in [6, 6.07) is 0.784. The van der Waals surface area contributed by atoms with Crippen LogP contribution in [0.5, 0.6) is 0 Å². The number of anilines is 1. The van der Waals surface area contributed by atoms with E-state index in [2.05, 4.69) is 29.0 Å². The second-order valence-electron chi connectivity index (χ2n) is 4.24. The van der Waals surface area contributed by atoms with Crippen molar-refractivity contribution in [3.05, 3.63) is 12.0 Å². The molecule has 1 aromatic heterocycles. The van der Waals surface area contributed by atoms with Gasteiger partial charge in [0.2, 0.25) is 0 Å². The van der Waals surface area contributed by atoms with Crippen molar-refractivity contribution < 1.29 is 4.42 Å². The second-order valence-corrected chi connectivity index (χ2v) is 4.24. The van der Waals surface area contributed by atoms with Crippen LogP contribution in [-0.4, -0.2) is 24.6 Å². The van der Waals surface area contributed by atoms with Gasteiger partial charge in [-0.15, -0.1) is 0 Å². The maximum absolute atomic E-state index is 5.47. The third-order valence-electron chi connectivity index (χ3n) is 2.79. The van der Waals surface area contributed by atoms with E-state index in [0.29, 0.717) is 0 Å². The molecule has 15 heavy (non-hydrogen) atoms. The van der Waals surface area contributed by atoms with Gasteiger partial charge < -0.3 is 14.6 Å². The molecule has 1 aromatic rings. The first kappa shape index (κ1) is 10.5. The van der Waals surface area contributed by atoms with Gasteiger partial charge in [-0.05, 0) is 18.9 Å². The molecule has 0 aromatic carbocycles. The van der Waals surface area contributed by atoms with Gasteiger partial charge in [0.05, 0.1) is 5.69 Å². The van der Waals surface area contributed by atoms with E-state index in [1.165, 1.54) is 6.42 Å². The summed E-state index contributed by atoms with van der Waals surface area (Å²) >= 11 is 0. The summed E-state index contributed by atoms with van der Waals surface area (Å²) in [5.41, 5.74) is 0.992. The van der Waals surface area contributed by atoms with Crippen molar-refractivity contribution in [2.45, 2.75) is 26.8 Å². The molecule has 1 N–H and O–H groups in total.